The maximum atomic E-state index is 8.87. The molecule has 1 aliphatic carbocycles. The molecule has 0 N–H and O–H groups in total. The summed E-state index contributed by atoms with van der Waals surface area (Å²) in [5, 5.41) is 8.87. The summed E-state index contributed by atoms with van der Waals surface area (Å²) in [4.78, 5) is 4.25. The molecule has 1 saturated carbocycles. The lowest BCUT2D eigenvalue weighted by Gasteiger charge is -2.25. The molecule has 0 bridgehead atoms. The SMILES string of the molecule is Cc1nc(OC2CCC2)cc(Br)c1C#N. The van der Waals surface area contributed by atoms with Gasteiger partial charge in [0.2, 0.25) is 5.88 Å². The number of hydrogen-bond donors (Lipinski definition) is 0. The molecular formula is C11H11BrN2O. The molecule has 0 unspecified atom stereocenters. The number of nitriles is 1. The number of ether oxygens (including phenoxy) is 1. The maximum absolute atomic E-state index is 8.87. The van der Waals surface area contributed by atoms with Gasteiger partial charge in [-0.2, -0.15) is 5.26 Å². The molecule has 3 nitrogen and oxygen atoms in total. The average molecular weight is 267 g/mol. The summed E-state index contributed by atoms with van der Waals surface area (Å²) in [7, 11) is 0. The third-order valence-electron chi connectivity index (χ3n) is 2.58. The Hall–Kier alpha value is -1.08. The second-order valence-corrected chi connectivity index (χ2v) is 4.54. The average Bonchev–Trinajstić information content (AvgIpc) is 2.11. The smallest absolute Gasteiger partial charge is 0.214 e. The number of hydrogen-bond acceptors (Lipinski definition) is 3. The highest BCUT2D eigenvalue weighted by molar-refractivity contribution is 9.10. The quantitative estimate of drug-likeness (QED) is 0.827. The van der Waals surface area contributed by atoms with Crippen molar-refractivity contribution in [1.29, 1.82) is 5.26 Å². The van der Waals surface area contributed by atoms with Gasteiger partial charge in [0.1, 0.15) is 12.2 Å². The minimum atomic E-state index is 0.316. The van der Waals surface area contributed by atoms with Crippen molar-refractivity contribution >= 4 is 15.9 Å². The van der Waals surface area contributed by atoms with E-state index in [4.69, 9.17) is 10.00 Å². The van der Waals surface area contributed by atoms with Gasteiger partial charge in [-0.1, -0.05) is 0 Å². The molecule has 1 aliphatic rings. The summed E-state index contributed by atoms with van der Waals surface area (Å²) in [6.07, 6.45) is 3.77. The van der Waals surface area contributed by atoms with Crippen LogP contribution in [0, 0.1) is 18.3 Å². The second kappa shape index (κ2) is 4.19. The Kier molecular flexibility index (Phi) is 2.92. The van der Waals surface area contributed by atoms with Gasteiger partial charge in [-0.25, -0.2) is 4.98 Å². The van der Waals surface area contributed by atoms with Crippen molar-refractivity contribution in [2.75, 3.05) is 0 Å². The van der Waals surface area contributed by atoms with Gasteiger partial charge in [0, 0.05) is 10.5 Å². The van der Waals surface area contributed by atoms with E-state index in [0.717, 1.165) is 17.3 Å². The molecule has 1 fully saturated rings. The minimum absolute atomic E-state index is 0.316. The molecule has 0 aromatic carbocycles. The zero-order valence-corrected chi connectivity index (χ0v) is 10.0. The zero-order valence-electron chi connectivity index (χ0n) is 8.46. The molecule has 1 aromatic heterocycles. The van der Waals surface area contributed by atoms with Crippen LogP contribution < -0.4 is 4.74 Å². The number of rotatable bonds is 2. The normalized spacial score (nSPS) is 15.5. The van der Waals surface area contributed by atoms with Crippen LogP contribution in [0.4, 0.5) is 0 Å². The fraction of sp³-hybridized carbons (Fsp3) is 0.455. The van der Waals surface area contributed by atoms with Crippen LogP contribution in [-0.2, 0) is 0 Å². The molecule has 2 rings (SSSR count). The lowest BCUT2D eigenvalue weighted by molar-refractivity contribution is 0.114. The second-order valence-electron chi connectivity index (χ2n) is 3.69. The maximum Gasteiger partial charge on any atom is 0.214 e. The van der Waals surface area contributed by atoms with Gasteiger partial charge in [-0.05, 0) is 42.1 Å². The third-order valence-corrected chi connectivity index (χ3v) is 3.21. The van der Waals surface area contributed by atoms with Crippen LogP contribution in [0.2, 0.25) is 0 Å². The first-order valence-electron chi connectivity index (χ1n) is 4.94. The van der Waals surface area contributed by atoms with Gasteiger partial charge < -0.3 is 4.74 Å². The summed E-state index contributed by atoms with van der Waals surface area (Å²) in [6, 6.07) is 3.87. The first kappa shape index (κ1) is 10.4. The Morgan fingerprint density at radius 2 is 2.33 bits per heavy atom. The Bertz CT molecular complexity index is 398. The van der Waals surface area contributed by atoms with E-state index in [-0.39, 0.29) is 0 Å². The van der Waals surface area contributed by atoms with Crippen molar-refractivity contribution in [3.05, 3.63) is 21.8 Å². The summed E-state index contributed by atoms with van der Waals surface area (Å²) in [6.45, 7) is 1.82. The monoisotopic (exact) mass is 266 g/mol. The van der Waals surface area contributed by atoms with Gasteiger partial charge in [-0.15, -0.1) is 0 Å². The van der Waals surface area contributed by atoms with Gasteiger partial charge in [0.25, 0.3) is 0 Å². The van der Waals surface area contributed by atoms with Crippen molar-refractivity contribution in [3.8, 4) is 11.9 Å². The standard InChI is InChI=1S/C11H11BrN2O/c1-7-9(6-13)10(12)5-11(14-7)15-8-3-2-4-8/h5,8H,2-4H2,1H3. The molecule has 78 valence electrons. The van der Waals surface area contributed by atoms with Crippen LogP contribution in [0.1, 0.15) is 30.5 Å². The molecule has 15 heavy (non-hydrogen) atoms. The molecule has 1 heterocycles. The largest absolute Gasteiger partial charge is 0.474 e. The van der Waals surface area contributed by atoms with Gasteiger partial charge in [0.15, 0.2) is 0 Å². The number of aryl methyl sites for hydroxylation is 1. The Morgan fingerprint density at radius 1 is 1.60 bits per heavy atom. The van der Waals surface area contributed by atoms with E-state index >= 15 is 0 Å². The van der Waals surface area contributed by atoms with Crippen LogP contribution in [0.3, 0.4) is 0 Å². The summed E-state index contributed by atoms with van der Waals surface area (Å²) in [5.41, 5.74) is 1.29. The highest BCUT2D eigenvalue weighted by Gasteiger charge is 2.20. The highest BCUT2D eigenvalue weighted by Crippen LogP contribution is 2.28. The lowest BCUT2D eigenvalue weighted by atomic mass is 9.96. The zero-order chi connectivity index (χ0) is 10.8. The van der Waals surface area contributed by atoms with Crippen LogP contribution in [-0.4, -0.2) is 11.1 Å². The van der Waals surface area contributed by atoms with Gasteiger partial charge in [0.05, 0.1) is 11.3 Å². The molecule has 1 aromatic rings. The van der Waals surface area contributed by atoms with Crippen molar-refractivity contribution in [2.45, 2.75) is 32.3 Å². The number of halogens is 1. The van der Waals surface area contributed by atoms with Crippen molar-refractivity contribution in [1.82, 2.24) is 4.98 Å². The van der Waals surface area contributed by atoms with Crippen LogP contribution in [0.15, 0.2) is 10.5 Å². The van der Waals surface area contributed by atoms with Crippen molar-refractivity contribution < 1.29 is 4.74 Å². The predicted octanol–water partition coefficient (Wildman–Crippen LogP) is 2.96. The van der Waals surface area contributed by atoms with E-state index in [0.29, 0.717) is 23.2 Å². The van der Waals surface area contributed by atoms with Gasteiger partial charge in [-0.3, -0.25) is 0 Å². The fourth-order valence-electron chi connectivity index (χ4n) is 1.46. The molecule has 0 radical (unpaired) electrons. The van der Waals surface area contributed by atoms with Gasteiger partial charge >= 0.3 is 0 Å². The molecule has 0 amide bonds. The predicted molar refractivity (Wildman–Crippen MR) is 59.7 cm³/mol. The molecule has 0 saturated heterocycles. The number of nitrogens with zero attached hydrogens (tertiary/aromatic N) is 2. The molecule has 0 aliphatic heterocycles. The lowest BCUT2D eigenvalue weighted by Crippen LogP contribution is -2.25. The van der Waals surface area contributed by atoms with E-state index in [1.165, 1.54) is 6.42 Å². The minimum Gasteiger partial charge on any atom is -0.474 e. The Morgan fingerprint density at radius 3 is 2.80 bits per heavy atom. The molecule has 0 spiro atoms. The third kappa shape index (κ3) is 2.13. The summed E-state index contributed by atoms with van der Waals surface area (Å²) in [5.74, 6) is 0.614. The van der Waals surface area contributed by atoms with E-state index in [9.17, 15) is 0 Å². The highest BCUT2D eigenvalue weighted by atomic mass is 79.9. The Labute approximate surface area is 97.2 Å². The summed E-state index contributed by atoms with van der Waals surface area (Å²) < 4.78 is 6.42. The number of pyridine rings is 1. The molecular weight excluding hydrogens is 256 g/mol. The topological polar surface area (TPSA) is 45.9 Å². The summed E-state index contributed by atoms with van der Waals surface area (Å²) >= 11 is 3.35. The fourth-order valence-corrected chi connectivity index (χ4v) is 2.03. The first-order chi connectivity index (χ1) is 7.20. The number of aromatic nitrogens is 1. The van der Waals surface area contributed by atoms with E-state index < -0.39 is 0 Å². The van der Waals surface area contributed by atoms with Crippen molar-refractivity contribution in [2.24, 2.45) is 0 Å². The van der Waals surface area contributed by atoms with Crippen LogP contribution >= 0.6 is 15.9 Å². The molecule has 4 heteroatoms. The van der Waals surface area contributed by atoms with E-state index in [2.05, 4.69) is 27.0 Å². The van der Waals surface area contributed by atoms with E-state index in [1.807, 2.05) is 6.92 Å². The van der Waals surface area contributed by atoms with Crippen LogP contribution in [0.5, 0.6) is 5.88 Å². The van der Waals surface area contributed by atoms with Crippen LogP contribution in [0.25, 0.3) is 0 Å². The molecule has 0 atom stereocenters. The Balaban J connectivity index is 2.23. The van der Waals surface area contributed by atoms with E-state index in [1.54, 1.807) is 6.07 Å². The first-order valence-corrected chi connectivity index (χ1v) is 5.74. The van der Waals surface area contributed by atoms with Crippen molar-refractivity contribution in [3.63, 3.8) is 0 Å².